The van der Waals surface area contributed by atoms with Crippen LogP contribution in [0.3, 0.4) is 0 Å². The molecule has 0 aliphatic rings. The lowest BCUT2D eigenvalue weighted by atomic mass is 9.72. The highest BCUT2D eigenvalue weighted by Crippen LogP contribution is 2.39. The van der Waals surface area contributed by atoms with Gasteiger partial charge in [-0.3, -0.25) is 0 Å². The summed E-state index contributed by atoms with van der Waals surface area (Å²) in [6.07, 6.45) is -13.0. The summed E-state index contributed by atoms with van der Waals surface area (Å²) in [7, 11) is 0. The smallest absolute Gasteiger partial charge is 0.428 e. The van der Waals surface area contributed by atoms with Gasteiger partial charge in [0.25, 0.3) is 0 Å². The number of benzene rings is 2. The topological polar surface area (TPSA) is 18.5 Å². The third-order valence-corrected chi connectivity index (χ3v) is 5.53. The molecule has 34 heavy (non-hydrogen) atoms. The van der Waals surface area contributed by atoms with E-state index >= 15 is 0 Å². The second kappa shape index (κ2) is 11.3. The van der Waals surface area contributed by atoms with Gasteiger partial charge >= 0.3 is 25.1 Å². The van der Waals surface area contributed by atoms with Gasteiger partial charge in [-0.2, -0.15) is 35.1 Å². The first-order chi connectivity index (χ1) is 15.8. The Morgan fingerprint density at radius 3 is 1.35 bits per heavy atom. The Balaban J connectivity index is 2.32. The molecule has 2 rings (SSSR count). The molecule has 2 nitrogen and oxygen atoms in total. The maximum Gasteiger partial charge on any atom is 0.461 e. The molecule has 0 N–H and O–H groups in total. The van der Waals surface area contributed by atoms with Gasteiger partial charge in [0.15, 0.2) is 0 Å². The quantitative estimate of drug-likeness (QED) is 0.204. The molecule has 0 spiro atoms. The van der Waals surface area contributed by atoms with Crippen LogP contribution in [-0.2, 0) is 5.41 Å². The standard InChI is InChI=1S/C24H26F8O2/c1-3-4-5-6-15-22(2,16-7-11-18(12-8-16)33-23(29,30)20(25)26)17-9-13-19(14-10-17)34-24(31,32)21(27)28/h7-14,20-21H,3-6,15H2,1-2H3. The Kier molecular flexibility index (Phi) is 9.19. The average molecular weight is 498 g/mol. The second-order valence-corrected chi connectivity index (χ2v) is 8.12. The highest BCUT2D eigenvalue weighted by Gasteiger charge is 2.45. The molecule has 0 unspecified atom stereocenters. The maximum absolute atomic E-state index is 13.2. The Hall–Kier alpha value is -2.52. The van der Waals surface area contributed by atoms with E-state index in [0.29, 0.717) is 17.5 Å². The first kappa shape index (κ1) is 27.7. The van der Waals surface area contributed by atoms with Crippen LogP contribution in [-0.4, -0.2) is 25.1 Å². The number of rotatable bonds is 13. The van der Waals surface area contributed by atoms with Gasteiger partial charge in [-0.15, -0.1) is 0 Å². The lowest BCUT2D eigenvalue weighted by Gasteiger charge is -2.32. The predicted molar refractivity (Wildman–Crippen MR) is 111 cm³/mol. The van der Waals surface area contributed by atoms with Crippen molar-refractivity contribution in [3.8, 4) is 11.5 Å². The monoisotopic (exact) mass is 498 g/mol. The third-order valence-electron chi connectivity index (χ3n) is 5.53. The fourth-order valence-electron chi connectivity index (χ4n) is 3.55. The molecule has 0 amide bonds. The molecule has 190 valence electrons. The zero-order valence-electron chi connectivity index (χ0n) is 18.6. The minimum absolute atomic E-state index is 0.444. The van der Waals surface area contributed by atoms with E-state index in [1.54, 1.807) is 0 Å². The Morgan fingerprint density at radius 1 is 0.647 bits per heavy atom. The lowest BCUT2D eigenvalue weighted by molar-refractivity contribution is -0.253. The predicted octanol–water partition coefficient (Wildman–Crippen LogP) is 8.44. The van der Waals surface area contributed by atoms with Crippen LogP contribution in [0, 0.1) is 0 Å². The number of hydrogen-bond acceptors (Lipinski definition) is 2. The number of unbranched alkanes of at least 4 members (excludes halogenated alkanes) is 3. The summed E-state index contributed by atoms with van der Waals surface area (Å²) in [6.45, 7) is 3.90. The molecule has 0 saturated carbocycles. The van der Waals surface area contributed by atoms with Gasteiger partial charge in [0.1, 0.15) is 11.5 Å². The molecule has 0 bridgehead atoms. The molecule has 0 atom stereocenters. The van der Waals surface area contributed by atoms with Crippen LogP contribution < -0.4 is 9.47 Å². The normalized spacial score (nSPS) is 12.9. The van der Waals surface area contributed by atoms with Gasteiger partial charge < -0.3 is 9.47 Å². The van der Waals surface area contributed by atoms with Crippen molar-refractivity contribution in [1.82, 2.24) is 0 Å². The molecule has 0 radical (unpaired) electrons. The largest absolute Gasteiger partial charge is 0.461 e. The molecule has 2 aromatic rings. The fourth-order valence-corrected chi connectivity index (χ4v) is 3.55. The van der Waals surface area contributed by atoms with Gasteiger partial charge in [-0.25, -0.2) is 0 Å². The molecule has 0 fully saturated rings. The summed E-state index contributed by atoms with van der Waals surface area (Å²) in [6, 6.07) is 10.5. The first-order valence-electron chi connectivity index (χ1n) is 10.7. The van der Waals surface area contributed by atoms with Crippen LogP contribution in [0.2, 0.25) is 0 Å². The fraction of sp³-hybridized carbons (Fsp3) is 0.500. The number of halogens is 8. The van der Waals surface area contributed by atoms with Crippen LogP contribution in [0.5, 0.6) is 11.5 Å². The van der Waals surface area contributed by atoms with Crippen molar-refractivity contribution >= 4 is 0 Å². The van der Waals surface area contributed by atoms with E-state index in [1.807, 2.05) is 13.8 Å². The van der Waals surface area contributed by atoms with Crippen molar-refractivity contribution < 1.29 is 44.6 Å². The van der Waals surface area contributed by atoms with Crippen molar-refractivity contribution in [2.24, 2.45) is 0 Å². The summed E-state index contributed by atoms with van der Waals surface area (Å²) in [5.41, 5.74) is 0.563. The van der Waals surface area contributed by atoms with E-state index in [2.05, 4.69) is 9.47 Å². The maximum atomic E-state index is 13.2. The van der Waals surface area contributed by atoms with E-state index in [1.165, 1.54) is 24.3 Å². The van der Waals surface area contributed by atoms with Crippen molar-refractivity contribution in [3.63, 3.8) is 0 Å². The van der Waals surface area contributed by atoms with E-state index in [9.17, 15) is 35.1 Å². The average Bonchev–Trinajstić information content (AvgIpc) is 2.77. The van der Waals surface area contributed by atoms with Gasteiger partial charge in [0, 0.05) is 5.41 Å². The number of alkyl halides is 8. The van der Waals surface area contributed by atoms with Gasteiger partial charge in [-0.1, -0.05) is 63.8 Å². The van der Waals surface area contributed by atoms with Crippen LogP contribution in [0.4, 0.5) is 35.1 Å². The molecule has 0 aromatic heterocycles. The van der Waals surface area contributed by atoms with E-state index in [-0.39, 0.29) is 0 Å². The highest BCUT2D eigenvalue weighted by molar-refractivity contribution is 5.42. The molecule has 0 saturated heterocycles. The summed E-state index contributed by atoms with van der Waals surface area (Å²) in [5.74, 6) is -0.888. The number of hydrogen-bond donors (Lipinski definition) is 0. The Morgan fingerprint density at radius 2 is 1.03 bits per heavy atom. The SMILES string of the molecule is CCCCCCC(C)(c1ccc(OC(F)(F)C(F)F)cc1)c1ccc(OC(F)(F)C(F)F)cc1. The van der Waals surface area contributed by atoms with Crippen LogP contribution in [0.1, 0.15) is 57.1 Å². The van der Waals surface area contributed by atoms with Crippen molar-refractivity contribution in [2.45, 2.75) is 76.4 Å². The summed E-state index contributed by atoms with van der Waals surface area (Å²) < 4.78 is 111. The van der Waals surface area contributed by atoms with Gasteiger partial charge in [0.05, 0.1) is 0 Å². The summed E-state index contributed by atoms with van der Waals surface area (Å²) in [4.78, 5) is 0. The van der Waals surface area contributed by atoms with E-state index in [0.717, 1.165) is 49.9 Å². The molecule has 10 heteroatoms. The van der Waals surface area contributed by atoms with Gasteiger partial charge in [-0.05, 0) is 41.8 Å². The minimum atomic E-state index is -4.64. The lowest BCUT2D eigenvalue weighted by Crippen LogP contribution is -2.33. The molecular formula is C24H26F8O2. The molecule has 0 heterocycles. The summed E-state index contributed by atoms with van der Waals surface area (Å²) >= 11 is 0. The minimum Gasteiger partial charge on any atom is -0.428 e. The molecule has 0 aliphatic heterocycles. The van der Waals surface area contributed by atoms with Gasteiger partial charge in [0.2, 0.25) is 0 Å². The zero-order chi connectivity index (χ0) is 25.6. The number of ether oxygens (including phenoxy) is 2. The summed E-state index contributed by atoms with van der Waals surface area (Å²) in [5, 5.41) is 0. The molecule has 0 aliphatic carbocycles. The molecular weight excluding hydrogens is 472 g/mol. The van der Waals surface area contributed by atoms with Crippen LogP contribution in [0.15, 0.2) is 48.5 Å². The van der Waals surface area contributed by atoms with Crippen molar-refractivity contribution in [1.29, 1.82) is 0 Å². The van der Waals surface area contributed by atoms with E-state index < -0.39 is 42.0 Å². The Labute approximate surface area is 192 Å². The second-order valence-electron chi connectivity index (χ2n) is 8.12. The molecule has 2 aromatic carbocycles. The van der Waals surface area contributed by atoms with Crippen molar-refractivity contribution in [3.05, 3.63) is 59.7 Å². The third kappa shape index (κ3) is 6.99. The first-order valence-corrected chi connectivity index (χ1v) is 10.7. The zero-order valence-corrected chi connectivity index (χ0v) is 18.6. The van der Waals surface area contributed by atoms with E-state index in [4.69, 9.17) is 0 Å². The van der Waals surface area contributed by atoms with Crippen LogP contribution in [0.25, 0.3) is 0 Å². The van der Waals surface area contributed by atoms with Crippen molar-refractivity contribution in [2.75, 3.05) is 0 Å². The Bertz CT molecular complexity index is 817. The highest BCUT2D eigenvalue weighted by atomic mass is 19.3. The van der Waals surface area contributed by atoms with Crippen LogP contribution >= 0.6 is 0 Å².